The van der Waals surface area contributed by atoms with Gasteiger partial charge in [0.1, 0.15) is 0 Å². The topological polar surface area (TPSA) is 73.4 Å². The van der Waals surface area contributed by atoms with Crippen LogP contribution in [0.25, 0.3) is 0 Å². The number of nitrogens with two attached hydrogens (primary N) is 1. The minimum absolute atomic E-state index is 0.0613. The van der Waals surface area contributed by atoms with Crippen LogP contribution in [0.4, 0.5) is 10.5 Å². The number of anilines is 1. The predicted octanol–water partition coefficient (Wildman–Crippen LogP) is 2.42. The molecule has 3 N–H and O–H groups in total. The third-order valence-corrected chi connectivity index (χ3v) is 3.08. The van der Waals surface area contributed by atoms with Gasteiger partial charge in [0, 0.05) is 6.54 Å². The molecule has 0 fully saturated rings. The summed E-state index contributed by atoms with van der Waals surface area (Å²) in [6, 6.07) is 4.91. The van der Waals surface area contributed by atoms with Gasteiger partial charge in [-0.15, -0.1) is 6.42 Å². The molecule has 1 aromatic carbocycles. The van der Waals surface area contributed by atoms with Crippen LogP contribution < -0.4 is 10.6 Å². The van der Waals surface area contributed by atoms with E-state index in [4.69, 9.17) is 29.2 Å². The van der Waals surface area contributed by atoms with E-state index in [1.54, 1.807) is 6.07 Å². The van der Waals surface area contributed by atoms with Crippen molar-refractivity contribution in [2.45, 2.75) is 13.8 Å². The van der Waals surface area contributed by atoms with E-state index in [-0.39, 0.29) is 6.54 Å². The number of nitrogens with one attached hydrogen (secondary N) is 1. The van der Waals surface area contributed by atoms with E-state index in [9.17, 15) is 4.79 Å². The molecule has 2 amide bonds. The lowest BCUT2D eigenvalue weighted by molar-refractivity contribution is 0.230. The monoisotopic (exact) mass is 292 g/mol. The second-order valence-electron chi connectivity index (χ2n) is 4.11. The molecule has 0 unspecified atom stereocenters. The molecule has 6 heteroatoms. The SMILES string of the molecule is C#CCN(C(=N)N)C(=O)N(CC)c1c(C)cccc1Cl. The Labute approximate surface area is 123 Å². The largest absolute Gasteiger partial charge is 0.370 e. The summed E-state index contributed by atoms with van der Waals surface area (Å²) < 4.78 is 0. The van der Waals surface area contributed by atoms with Gasteiger partial charge in [-0.1, -0.05) is 29.7 Å². The lowest BCUT2D eigenvalue weighted by atomic mass is 10.2. The highest BCUT2D eigenvalue weighted by atomic mass is 35.5. The van der Waals surface area contributed by atoms with Crippen molar-refractivity contribution in [2.24, 2.45) is 5.73 Å². The Bertz CT molecular complexity index is 545. The van der Waals surface area contributed by atoms with Gasteiger partial charge in [-0.05, 0) is 25.5 Å². The fourth-order valence-corrected chi connectivity index (χ4v) is 2.17. The molecule has 20 heavy (non-hydrogen) atoms. The van der Waals surface area contributed by atoms with Crippen molar-refractivity contribution in [3.63, 3.8) is 0 Å². The number of nitrogens with zero attached hydrogens (tertiary/aromatic N) is 2. The van der Waals surface area contributed by atoms with Crippen molar-refractivity contribution in [3.8, 4) is 12.3 Å². The van der Waals surface area contributed by atoms with Crippen molar-refractivity contribution < 1.29 is 4.79 Å². The maximum atomic E-state index is 12.5. The van der Waals surface area contributed by atoms with Gasteiger partial charge in [0.2, 0.25) is 0 Å². The number of benzene rings is 1. The Morgan fingerprint density at radius 2 is 2.20 bits per heavy atom. The molecule has 0 saturated carbocycles. The summed E-state index contributed by atoms with van der Waals surface area (Å²) in [5.74, 6) is 1.92. The number of hydrogen-bond donors (Lipinski definition) is 2. The summed E-state index contributed by atoms with van der Waals surface area (Å²) in [7, 11) is 0. The van der Waals surface area contributed by atoms with Gasteiger partial charge in [-0.3, -0.25) is 15.2 Å². The molecule has 5 nitrogen and oxygen atoms in total. The highest BCUT2D eigenvalue weighted by Gasteiger charge is 2.25. The molecule has 0 saturated heterocycles. The van der Waals surface area contributed by atoms with E-state index < -0.39 is 12.0 Å². The lowest BCUT2D eigenvalue weighted by Gasteiger charge is -2.29. The third-order valence-electron chi connectivity index (χ3n) is 2.78. The number of rotatable bonds is 3. The number of halogens is 1. The summed E-state index contributed by atoms with van der Waals surface area (Å²) >= 11 is 6.17. The normalized spacial score (nSPS) is 9.70. The molecule has 0 spiro atoms. The number of amides is 2. The van der Waals surface area contributed by atoms with E-state index >= 15 is 0 Å². The van der Waals surface area contributed by atoms with Gasteiger partial charge >= 0.3 is 6.03 Å². The van der Waals surface area contributed by atoms with Gasteiger partial charge in [0.05, 0.1) is 17.3 Å². The molecule has 1 aromatic rings. The van der Waals surface area contributed by atoms with E-state index in [2.05, 4.69) is 5.92 Å². The highest BCUT2D eigenvalue weighted by Crippen LogP contribution is 2.30. The fourth-order valence-electron chi connectivity index (χ4n) is 1.85. The van der Waals surface area contributed by atoms with Crippen LogP contribution >= 0.6 is 11.6 Å². The van der Waals surface area contributed by atoms with Crippen molar-refractivity contribution in [1.29, 1.82) is 5.41 Å². The van der Waals surface area contributed by atoms with Crippen LogP contribution in [-0.2, 0) is 0 Å². The molecule has 0 aromatic heterocycles. The van der Waals surface area contributed by atoms with Crippen molar-refractivity contribution in [3.05, 3.63) is 28.8 Å². The molecule has 0 atom stereocenters. The predicted molar refractivity (Wildman–Crippen MR) is 82.1 cm³/mol. The highest BCUT2D eigenvalue weighted by molar-refractivity contribution is 6.34. The number of aryl methyl sites for hydroxylation is 1. The van der Waals surface area contributed by atoms with Crippen LogP contribution in [0.5, 0.6) is 0 Å². The zero-order valence-corrected chi connectivity index (χ0v) is 12.2. The molecule has 0 bridgehead atoms. The third kappa shape index (κ3) is 3.22. The zero-order valence-electron chi connectivity index (χ0n) is 11.5. The van der Waals surface area contributed by atoms with Crippen LogP contribution in [-0.4, -0.2) is 30.0 Å². The number of guanidine groups is 1. The van der Waals surface area contributed by atoms with Gasteiger partial charge < -0.3 is 5.73 Å². The number of para-hydroxylation sites is 1. The fraction of sp³-hybridized carbons (Fsp3) is 0.286. The average molecular weight is 293 g/mol. The van der Waals surface area contributed by atoms with Crippen molar-refractivity contribution >= 4 is 29.3 Å². The van der Waals surface area contributed by atoms with Gasteiger partial charge in [-0.2, -0.15) is 0 Å². The standard InChI is InChI=1S/C14H17ClN4O/c1-4-9-19(13(16)17)14(20)18(5-2)12-10(3)7-6-8-11(12)15/h1,6-8H,5,9H2,2-3H3,(H3,16,17). The van der Waals surface area contributed by atoms with Crippen LogP contribution in [0.1, 0.15) is 12.5 Å². The van der Waals surface area contributed by atoms with Crippen LogP contribution in [0.2, 0.25) is 5.02 Å². The van der Waals surface area contributed by atoms with Crippen LogP contribution in [0, 0.1) is 24.7 Å². The second kappa shape index (κ2) is 6.83. The maximum Gasteiger partial charge on any atom is 0.332 e. The Morgan fingerprint density at radius 3 is 2.65 bits per heavy atom. The summed E-state index contributed by atoms with van der Waals surface area (Å²) in [5, 5.41) is 7.91. The minimum Gasteiger partial charge on any atom is -0.370 e. The first-order chi connectivity index (χ1) is 9.43. The molecule has 0 heterocycles. The number of urea groups is 1. The van der Waals surface area contributed by atoms with E-state index in [1.165, 1.54) is 4.90 Å². The molecular weight excluding hydrogens is 276 g/mol. The maximum absolute atomic E-state index is 12.5. The molecular formula is C14H17ClN4O. The quantitative estimate of drug-likeness (QED) is 0.510. The first kappa shape index (κ1) is 15.9. The Hall–Kier alpha value is -2.19. The van der Waals surface area contributed by atoms with E-state index in [1.807, 2.05) is 26.0 Å². The zero-order chi connectivity index (χ0) is 15.3. The summed E-state index contributed by atoms with van der Waals surface area (Å²) in [5.41, 5.74) is 6.86. The van der Waals surface area contributed by atoms with Crippen LogP contribution in [0.15, 0.2) is 18.2 Å². The first-order valence-corrected chi connectivity index (χ1v) is 6.43. The molecule has 0 aliphatic carbocycles. The summed E-state index contributed by atoms with van der Waals surface area (Å²) in [6.45, 7) is 4.00. The van der Waals surface area contributed by atoms with E-state index in [0.29, 0.717) is 17.3 Å². The number of hydrogen-bond acceptors (Lipinski definition) is 2. The lowest BCUT2D eigenvalue weighted by Crippen LogP contribution is -2.49. The smallest absolute Gasteiger partial charge is 0.332 e. The Balaban J connectivity index is 3.22. The minimum atomic E-state index is -0.464. The number of terminal acetylenes is 1. The molecule has 0 aliphatic heterocycles. The number of carbonyl (C=O) groups is 1. The number of carbonyl (C=O) groups excluding carboxylic acids is 1. The second-order valence-corrected chi connectivity index (χ2v) is 4.51. The van der Waals surface area contributed by atoms with Gasteiger partial charge in [0.15, 0.2) is 5.96 Å². The Kier molecular flexibility index (Phi) is 5.42. The summed E-state index contributed by atoms with van der Waals surface area (Å²) in [6.07, 6.45) is 5.20. The molecule has 0 radical (unpaired) electrons. The van der Waals surface area contributed by atoms with Gasteiger partial charge in [0.25, 0.3) is 0 Å². The molecule has 1 rings (SSSR count). The van der Waals surface area contributed by atoms with E-state index in [0.717, 1.165) is 10.5 Å². The van der Waals surface area contributed by atoms with Crippen molar-refractivity contribution in [1.82, 2.24) is 4.90 Å². The van der Waals surface area contributed by atoms with Crippen LogP contribution in [0.3, 0.4) is 0 Å². The van der Waals surface area contributed by atoms with Gasteiger partial charge in [-0.25, -0.2) is 4.79 Å². The first-order valence-electron chi connectivity index (χ1n) is 6.05. The molecule has 106 valence electrons. The summed E-state index contributed by atoms with van der Waals surface area (Å²) in [4.78, 5) is 15.0. The van der Waals surface area contributed by atoms with Crippen molar-refractivity contribution in [2.75, 3.05) is 18.0 Å². The Morgan fingerprint density at radius 1 is 1.55 bits per heavy atom. The molecule has 0 aliphatic rings. The average Bonchev–Trinajstić information content (AvgIpc) is 2.39.